The Morgan fingerprint density at radius 1 is 1.29 bits per heavy atom. The molecular formula is C23H23F2N3O3. The van der Waals surface area contributed by atoms with E-state index in [4.69, 9.17) is 9.15 Å². The zero-order chi connectivity index (χ0) is 21.9. The van der Waals surface area contributed by atoms with E-state index in [1.807, 2.05) is 0 Å². The van der Waals surface area contributed by atoms with Crippen LogP contribution in [0.25, 0.3) is 17.3 Å². The molecule has 8 heteroatoms. The number of aromatic nitrogens is 3. The Morgan fingerprint density at radius 2 is 2.06 bits per heavy atom. The fraction of sp³-hybridized carbons (Fsp3) is 0.435. The molecule has 0 radical (unpaired) electrons. The first-order chi connectivity index (χ1) is 14.8. The molecule has 0 spiro atoms. The first-order valence-corrected chi connectivity index (χ1v) is 10.5. The molecule has 5 rings (SSSR count). The van der Waals surface area contributed by atoms with Gasteiger partial charge in [-0.2, -0.15) is 5.10 Å². The van der Waals surface area contributed by atoms with Crippen molar-refractivity contribution in [1.29, 1.82) is 0 Å². The maximum atomic E-state index is 14.6. The topological polar surface area (TPSA) is 70.2 Å². The van der Waals surface area contributed by atoms with Crippen molar-refractivity contribution in [2.45, 2.75) is 57.3 Å². The lowest BCUT2D eigenvalue weighted by atomic mass is 9.91. The van der Waals surface area contributed by atoms with Crippen LogP contribution in [-0.4, -0.2) is 27.3 Å². The lowest BCUT2D eigenvalue weighted by molar-refractivity contribution is -0.149. The third kappa shape index (κ3) is 2.99. The molecule has 0 unspecified atom stereocenters. The SMILES string of the molecule is CCOC(=O)C(C)(C)c1cnc(-c2nn(-c3ccc(F)cc3F)c3c2[C@H]2CC[C@@H]3C2)o1. The minimum atomic E-state index is -1.00. The van der Waals surface area contributed by atoms with Crippen molar-refractivity contribution in [1.82, 2.24) is 14.8 Å². The van der Waals surface area contributed by atoms with Gasteiger partial charge in [-0.15, -0.1) is 0 Å². The Hall–Kier alpha value is -3.03. The van der Waals surface area contributed by atoms with Gasteiger partial charge in [-0.1, -0.05) is 0 Å². The molecule has 0 saturated heterocycles. The number of fused-ring (bicyclic) bond motifs is 5. The molecule has 1 saturated carbocycles. The van der Waals surface area contributed by atoms with Gasteiger partial charge in [0.25, 0.3) is 0 Å². The number of benzene rings is 1. The highest BCUT2D eigenvalue weighted by atomic mass is 19.1. The van der Waals surface area contributed by atoms with Crippen LogP contribution in [0, 0.1) is 11.6 Å². The summed E-state index contributed by atoms with van der Waals surface area (Å²) in [6, 6.07) is 3.49. The lowest BCUT2D eigenvalue weighted by Crippen LogP contribution is -2.30. The van der Waals surface area contributed by atoms with Gasteiger partial charge in [0, 0.05) is 17.5 Å². The van der Waals surface area contributed by atoms with E-state index in [1.165, 1.54) is 18.3 Å². The zero-order valence-corrected chi connectivity index (χ0v) is 17.6. The molecule has 162 valence electrons. The fourth-order valence-corrected chi connectivity index (χ4v) is 4.81. The summed E-state index contributed by atoms with van der Waals surface area (Å²) in [5, 5.41) is 4.66. The van der Waals surface area contributed by atoms with E-state index in [-0.39, 0.29) is 24.1 Å². The number of oxazole rings is 1. The molecule has 0 aliphatic heterocycles. The summed E-state index contributed by atoms with van der Waals surface area (Å²) < 4.78 is 40.8. The molecule has 2 atom stereocenters. The summed E-state index contributed by atoms with van der Waals surface area (Å²) in [4.78, 5) is 16.8. The number of hydrogen-bond donors (Lipinski definition) is 0. The largest absolute Gasteiger partial charge is 0.465 e. The predicted molar refractivity (Wildman–Crippen MR) is 108 cm³/mol. The predicted octanol–water partition coefficient (Wildman–Crippen LogP) is 5.01. The van der Waals surface area contributed by atoms with Gasteiger partial charge in [-0.25, -0.2) is 18.4 Å². The molecule has 2 aliphatic carbocycles. The number of rotatable bonds is 5. The molecule has 0 amide bonds. The van der Waals surface area contributed by atoms with Crippen LogP contribution in [-0.2, 0) is 14.9 Å². The molecule has 1 fully saturated rings. The first kappa shape index (κ1) is 19.9. The van der Waals surface area contributed by atoms with Crippen LogP contribution in [0.15, 0.2) is 28.8 Å². The van der Waals surface area contributed by atoms with E-state index >= 15 is 0 Å². The fourth-order valence-electron chi connectivity index (χ4n) is 4.81. The molecule has 31 heavy (non-hydrogen) atoms. The van der Waals surface area contributed by atoms with Crippen LogP contribution in [0.1, 0.15) is 68.9 Å². The lowest BCUT2D eigenvalue weighted by Gasteiger charge is -2.18. The van der Waals surface area contributed by atoms with Gasteiger partial charge in [0.15, 0.2) is 11.5 Å². The molecule has 0 N–H and O–H groups in total. The van der Waals surface area contributed by atoms with Crippen LogP contribution < -0.4 is 0 Å². The van der Waals surface area contributed by atoms with Crippen molar-refractivity contribution < 1.29 is 22.7 Å². The van der Waals surface area contributed by atoms with Crippen LogP contribution >= 0.6 is 0 Å². The van der Waals surface area contributed by atoms with E-state index < -0.39 is 23.0 Å². The van der Waals surface area contributed by atoms with E-state index in [1.54, 1.807) is 25.5 Å². The van der Waals surface area contributed by atoms with Crippen LogP contribution in [0.2, 0.25) is 0 Å². The highest BCUT2D eigenvalue weighted by molar-refractivity contribution is 5.81. The molecule has 2 aromatic heterocycles. The van der Waals surface area contributed by atoms with E-state index in [2.05, 4.69) is 10.1 Å². The van der Waals surface area contributed by atoms with E-state index in [9.17, 15) is 13.6 Å². The number of nitrogens with zero attached hydrogens (tertiary/aromatic N) is 3. The van der Waals surface area contributed by atoms with Crippen molar-refractivity contribution in [3.05, 3.63) is 53.0 Å². The average Bonchev–Trinajstić information content (AvgIpc) is 3.49. The van der Waals surface area contributed by atoms with E-state index in [0.717, 1.165) is 36.6 Å². The van der Waals surface area contributed by atoms with Gasteiger partial charge in [0.05, 0.1) is 18.5 Å². The smallest absolute Gasteiger partial charge is 0.319 e. The number of carbonyl (C=O) groups is 1. The summed E-state index contributed by atoms with van der Waals surface area (Å²) in [6.07, 6.45) is 4.54. The summed E-state index contributed by atoms with van der Waals surface area (Å²) in [5.41, 5.74) is 1.71. The number of hydrogen-bond acceptors (Lipinski definition) is 5. The Bertz CT molecular complexity index is 1180. The molecule has 1 aromatic carbocycles. The maximum absolute atomic E-state index is 14.6. The second kappa shape index (κ2) is 7.00. The normalized spacial score (nSPS) is 19.6. The van der Waals surface area contributed by atoms with Gasteiger partial charge in [-0.3, -0.25) is 4.79 Å². The molecule has 3 aromatic rings. The number of halogens is 2. The standard InChI is InChI=1S/C23H23F2N3O3/c1-4-30-22(29)23(2,3)17-11-26-21(31-17)19-18-12-5-6-13(9-12)20(18)28(27-19)16-8-7-14(24)10-15(16)25/h7-8,10-13H,4-6,9H2,1-3H3/t12-,13+/m0/s1. The number of ether oxygens (including phenoxy) is 1. The second-order valence-electron chi connectivity index (χ2n) is 8.74. The Labute approximate surface area is 178 Å². The molecule has 2 bridgehead atoms. The van der Waals surface area contributed by atoms with Crippen molar-refractivity contribution >= 4 is 5.97 Å². The quantitative estimate of drug-likeness (QED) is 0.535. The Morgan fingerprint density at radius 3 is 2.81 bits per heavy atom. The van der Waals surface area contributed by atoms with Crippen LogP contribution in [0.4, 0.5) is 8.78 Å². The summed E-state index contributed by atoms with van der Waals surface area (Å²) in [5.74, 6) is -0.461. The maximum Gasteiger partial charge on any atom is 0.319 e. The molecular weight excluding hydrogens is 404 g/mol. The Kier molecular flexibility index (Phi) is 4.50. The van der Waals surface area contributed by atoms with Crippen molar-refractivity contribution in [2.75, 3.05) is 6.61 Å². The number of carbonyl (C=O) groups excluding carboxylic acids is 1. The molecule has 2 aliphatic rings. The van der Waals surface area contributed by atoms with Crippen LogP contribution in [0.5, 0.6) is 0 Å². The van der Waals surface area contributed by atoms with E-state index in [0.29, 0.717) is 17.4 Å². The monoisotopic (exact) mass is 427 g/mol. The minimum absolute atomic E-state index is 0.204. The van der Waals surface area contributed by atoms with Gasteiger partial charge >= 0.3 is 5.97 Å². The van der Waals surface area contributed by atoms with Gasteiger partial charge in [0.1, 0.15) is 22.7 Å². The van der Waals surface area contributed by atoms with Crippen molar-refractivity contribution in [3.8, 4) is 17.3 Å². The summed E-state index contributed by atoms with van der Waals surface area (Å²) >= 11 is 0. The third-order valence-electron chi connectivity index (χ3n) is 6.43. The Balaban J connectivity index is 1.62. The van der Waals surface area contributed by atoms with Crippen molar-refractivity contribution in [3.63, 3.8) is 0 Å². The second-order valence-corrected chi connectivity index (χ2v) is 8.74. The summed E-state index contributed by atoms with van der Waals surface area (Å²) in [7, 11) is 0. The van der Waals surface area contributed by atoms with Crippen molar-refractivity contribution in [2.24, 2.45) is 0 Å². The highest BCUT2D eigenvalue weighted by Gasteiger charge is 2.44. The molecule has 6 nitrogen and oxygen atoms in total. The van der Waals surface area contributed by atoms with Crippen LogP contribution in [0.3, 0.4) is 0 Å². The summed E-state index contributed by atoms with van der Waals surface area (Å²) in [6.45, 7) is 5.45. The van der Waals surface area contributed by atoms with Gasteiger partial charge < -0.3 is 9.15 Å². The van der Waals surface area contributed by atoms with Gasteiger partial charge in [-0.05, 0) is 58.1 Å². The average molecular weight is 427 g/mol. The first-order valence-electron chi connectivity index (χ1n) is 10.5. The minimum Gasteiger partial charge on any atom is -0.465 e. The zero-order valence-electron chi connectivity index (χ0n) is 17.6. The third-order valence-corrected chi connectivity index (χ3v) is 6.43. The number of esters is 1. The molecule has 2 heterocycles. The highest BCUT2D eigenvalue weighted by Crippen LogP contribution is 2.56. The van der Waals surface area contributed by atoms with Gasteiger partial charge in [0.2, 0.25) is 5.89 Å².